The van der Waals surface area contributed by atoms with Crippen LogP contribution in [0, 0.1) is 0 Å². The molecule has 0 radical (unpaired) electrons. The molecule has 5 heteroatoms. The van der Waals surface area contributed by atoms with Crippen LogP contribution in [0.5, 0.6) is 0 Å². The summed E-state index contributed by atoms with van der Waals surface area (Å²) in [5.74, 6) is 0.476. The maximum Gasteiger partial charge on any atom is 0.489 e. The molecule has 0 saturated heterocycles. The minimum absolute atomic E-state index is 0.322. The van der Waals surface area contributed by atoms with Gasteiger partial charge in [0.1, 0.15) is 0 Å². The first kappa shape index (κ1) is 10.4. The van der Waals surface area contributed by atoms with Crippen molar-refractivity contribution < 1.29 is 14.3 Å². The van der Waals surface area contributed by atoms with Gasteiger partial charge in [0.15, 0.2) is 0 Å². The molecule has 0 aliphatic rings. The van der Waals surface area contributed by atoms with E-state index in [1.54, 1.807) is 31.2 Å². The lowest BCUT2D eigenvalue weighted by Crippen LogP contribution is -2.33. The van der Waals surface area contributed by atoms with Crippen molar-refractivity contribution in [2.75, 3.05) is 5.75 Å². The van der Waals surface area contributed by atoms with Crippen molar-refractivity contribution in [3.05, 3.63) is 24.3 Å². The Morgan fingerprint density at radius 3 is 2.54 bits per heavy atom. The molecule has 0 spiro atoms. The van der Waals surface area contributed by atoms with Gasteiger partial charge >= 0.3 is 7.12 Å². The van der Waals surface area contributed by atoms with Crippen LogP contribution in [0.15, 0.2) is 29.2 Å². The highest BCUT2D eigenvalue weighted by molar-refractivity contribution is 7.85. The molecule has 1 aromatic carbocycles. The van der Waals surface area contributed by atoms with Crippen LogP contribution in [0.25, 0.3) is 0 Å². The Kier molecular flexibility index (Phi) is 3.65. The first-order valence-corrected chi connectivity index (χ1v) is 5.32. The van der Waals surface area contributed by atoms with E-state index < -0.39 is 17.9 Å². The van der Waals surface area contributed by atoms with Crippen molar-refractivity contribution in [1.29, 1.82) is 0 Å². The molecule has 0 amide bonds. The maximum absolute atomic E-state index is 11.4. The van der Waals surface area contributed by atoms with Gasteiger partial charge in [-0.3, -0.25) is 4.21 Å². The van der Waals surface area contributed by atoms with Gasteiger partial charge in [-0.25, -0.2) is 0 Å². The van der Waals surface area contributed by atoms with Crippen LogP contribution >= 0.6 is 0 Å². The Balaban J connectivity index is 3.12. The molecule has 0 aromatic heterocycles. The summed E-state index contributed by atoms with van der Waals surface area (Å²) in [6, 6.07) is 6.63. The predicted molar refractivity (Wildman–Crippen MR) is 53.2 cm³/mol. The van der Waals surface area contributed by atoms with Gasteiger partial charge in [0, 0.05) is 10.6 Å². The van der Waals surface area contributed by atoms with E-state index in [0.717, 1.165) is 0 Å². The van der Waals surface area contributed by atoms with Crippen LogP contribution < -0.4 is 5.46 Å². The van der Waals surface area contributed by atoms with Crippen LogP contribution in [0.1, 0.15) is 6.92 Å². The highest BCUT2D eigenvalue weighted by Crippen LogP contribution is 2.03. The van der Waals surface area contributed by atoms with Gasteiger partial charge in [0.2, 0.25) is 0 Å². The van der Waals surface area contributed by atoms with Crippen LogP contribution in [-0.2, 0) is 10.8 Å². The summed E-state index contributed by atoms with van der Waals surface area (Å²) in [5, 5.41) is 17.9. The second kappa shape index (κ2) is 4.55. The second-order valence-corrected chi connectivity index (χ2v) is 4.25. The molecule has 1 aromatic rings. The van der Waals surface area contributed by atoms with Crippen LogP contribution in [0.4, 0.5) is 0 Å². The maximum atomic E-state index is 11.4. The topological polar surface area (TPSA) is 57.5 Å². The fraction of sp³-hybridized carbons (Fsp3) is 0.250. The van der Waals surface area contributed by atoms with E-state index in [9.17, 15) is 4.21 Å². The minimum Gasteiger partial charge on any atom is -0.423 e. The lowest BCUT2D eigenvalue weighted by Gasteiger charge is -2.06. The molecule has 1 atom stereocenters. The monoisotopic (exact) mass is 198 g/mol. The molecule has 0 aliphatic heterocycles. The molecule has 0 unspecified atom stereocenters. The van der Waals surface area contributed by atoms with Crippen molar-refractivity contribution >= 4 is 23.4 Å². The number of rotatable bonds is 3. The first-order valence-electron chi connectivity index (χ1n) is 4.00. The van der Waals surface area contributed by atoms with Crippen molar-refractivity contribution in [2.24, 2.45) is 0 Å². The molecule has 1 rings (SSSR count). The van der Waals surface area contributed by atoms with Gasteiger partial charge in [0.05, 0.1) is 10.8 Å². The van der Waals surface area contributed by atoms with E-state index in [-0.39, 0.29) is 0 Å². The molecule has 70 valence electrons. The first-order chi connectivity index (χ1) is 6.16. The zero-order chi connectivity index (χ0) is 9.84. The predicted octanol–water partition coefficient (Wildman–Crippen LogP) is -0.506. The molecule has 0 aliphatic carbocycles. The third-order valence-electron chi connectivity index (χ3n) is 1.70. The van der Waals surface area contributed by atoms with E-state index in [1.807, 2.05) is 0 Å². The van der Waals surface area contributed by atoms with Gasteiger partial charge in [-0.2, -0.15) is 0 Å². The van der Waals surface area contributed by atoms with Crippen LogP contribution in [-0.4, -0.2) is 27.1 Å². The van der Waals surface area contributed by atoms with Gasteiger partial charge in [-0.1, -0.05) is 25.1 Å². The van der Waals surface area contributed by atoms with E-state index in [0.29, 0.717) is 16.1 Å². The van der Waals surface area contributed by atoms with Gasteiger partial charge in [-0.05, 0) is 11.5 Å². The molecule has 0 fully saturated rings. The Morgan fingerprint density at radius 2 is 2.00 bits per heavy atom. The number of hydrogen-bond donors (Lipinski definition) is 2. The lowest BCUT2D eigenvalue weighted by atomic mass is 9.80. The molecular formula is C8H11BO3S. The molecule has 13 heavy (non-hydrogen) atoms. The quantitative estimate of drug-likeness (QED) is 0.643. The van der Waals surface area contributed by atoms with E-state index in [2.05, 4.69) is 0 Å². The smallest absolute Gasteiger partial charge is 0.423 e. The highest BCUT2D eigenvalue weighted by atomic mass is 32.2. The third-order valence-corrected chi connectivity index (χ3v) is 3.09. The summed E-state index contributed by atoms with van der Waals surface area (Å²) in [4.78, 5) is 0.500. The molecule has 0 heterocycles. The molecule has 0 saturated carbocycles. The Morgan fingerprint density at radius 1 is 1.38 bits per heavy atom. The SMILES string of the molecule is CC[S@](=O)c1ccccc1B(O)O. The van der Waals surface area contributed by atoms with Gasteiger partial charge in [0.25, 0.3) is 0 Å². The molecule has 2 N–H and O–H groups in total. The van der Waals surface area contributed by atoms with E-state index >= 15 is 0 Å². The summed E-state index contributed by atoms with van der Waals surface area (Å²) >= 11 is 0. The Labute approximate surface area is 80.0 Å². The summed E-state index contributed by atoms with van der Waals surface area (Å²) in [5.41, 5.74) is 0.322. The lowest BCUT2D eigenvalue weighted by molar-refractivity contribution is 0.425. The van der Waals surface area contributed by atoms with Crippen molar-refractivity contribution in [3.63, 3.8) is 0 Å². The fourth-order valence-corrected chi connectivity index (χ4v) is 2.03. The van der Waals surface area contributed by atoms with Crippen molar-refractivity contribution in [1.82, 2.24) is 0 Å². The summed E-state index contributed by atoms with van der Waals surface area (Å²) in [6.07, 6.45) is 0. The fourth-order valence-electron chi connectivity index (χ4n) is 1.06. The molecule has 0 bridgehead atoms. The summed E-state index contributed by atoms with van der Waals surface area (Å²) in [6.45, 7) is 1.79. The minimum atomic E-state index is -1.55. The van der Waals surface area contributed by atoms with Gasteiger partial charge in [-0.15, -0.1) is 0 Å². The van der Waals surface area contributed by atoms with E-state index in [4.69, 9.17) is 10.0 Å². The highest BCUT2D eigenvalue weighted by Gasteiger charge is 2.17. The average Bonchev–Trinajstić information content (AvgIpc) is 2.16. The van der Waals surface area contributed by atoms with Crippen LogP contribution in [0.2, 0.25) is 0 Å². The van der Waals surface area contributed by atoms with Crippen LogP contribution in [0.3, 0.4) is 0 Å². The van der Waals surface area contributed by atoms with E-state index in [1.165, 1.54) is 0 Å². The van der Waals surface area contributed by atoms with Gasteiger partial charge < -0.3 is 10.0 Å². The zero-order valence-electron chi connectivity index (χ0n) is 7.30. The standard InChI is InChI=1S/C8H11BO3S/c1-2-13(12)8-6-4-3-5-7(8)9(10)11/h3-6,10-11H,2H2,1H3/t13-/m0/s1. The summed E-state index contributed by atoms with van der Waals surface area (Å²) < 4.78 is 11.4. The number of hydrogen-bond acceptors (Lipinski definition) is 3. The van der Waals surface area contributed by atoms with Crippen molar-refractivity contribution in [3.8, 4) is 0 Å². The number of benzene rings is 1. The Hall–Kier alpha value is -0.645. The Bertz CT molecular complexity index is 314. The zero-order valence-corrected chi connectivity index (χ0v) is 8.12. The normalized spacial score (nSPS) is 12.5. The van der Waals surface area contributed by atoms with Crippen molar-refractivity contribution in [2.45, 2.75) is 11.8 Å². The summed E-state index contributed by atoms with van der Waals surface area (Å²) in [7, 11) is -2.69. The third kappa shape index (κ3) is 2.40. The molecule has 3 nitrogen and oxygen atoms in total. The molecular weight excluding hydrogens is 187 g/mol. The second-order valence-electron chi connectivity index (χ2n) is 2.55. The average molecular weight is 198 g/mol. The largest absolute Gasteiger partial charge is 0.489 e.